The van der Waals surface area contributed by atoms with Gasteiger partial charge in [-0.15, -0.1) is 0 Å². The summed E-state index contributed by atoms with van der Waals surface area (Å²) in [4.78, 5) is 12.5. The van der Waals surface area contributed by atoms with Crippen molar-refractivity contribution in [2.24, 2.45) is 0 Å². The highest BCUT2D eigenvalue weighted by molar-refractivity contribution is 7.89. The van der Waals surface area contributed by atoms with Crippen LogP contribution in [0.1, 0.15) is 11.1 Å². The highest BCUT2D eigenvalue weighted by Gasteiger charge is 2.16. The molecule has 0 aliphatic carbocycles. The number of aryl methyl sites for hydroxylation is 2. The van der Waals surface area contributed by atoms with Crippen LogP contribution in [0.5, 0.6) is 0 Å². The van der Waals surface area contributed by atoms with E-state index >= 15 is 0 Å². The second-order valence-corrected chi connectivity index (χ2v) is 8.10. The van der Waals surface area contributed by atoms with Gasteiger partial charge in [0.15, 0.2) is 0 Å². The maximum atomic E-state index is 13.2. The van der Waals surface area contributed by atoms with E-state index in [1.54, 1.807) is 19.2 Å². The Kier molecular flexibility index (Phi) is 6.35. The van der Waals surface area contributed by atoms with Gasteiger partial charge in [0, 0.05) is 25.4 Å². The number of aromatic nitrogens is 3. The van der Waals surface area contributed by atoms with E-state index in [1.807, 2.05) is 19.1 Å². The third kappa shape index (κ3) is 5.69. The first-order chi connectivity index (χ1) is 13.8. The van der Waals surface area contributed by atoms with Gasteiger partial charge in [-0.05, 0) is 55.3 Å². The van der Waals surface area contributed by atoms with Crippen LogP contribution in [0.3, 0.4) is 0 Å². The Labute approximate surface area is 168 Å². The number of pyridine rings is 1. The highest BCUT2D eigenvalue weighted by atomic mass is 32.2. The molecule has 2 aromatic heterocycles. The van der Waals surface area contributed by atoms with E-state index in [2.05, 4.69) is 30.3 Å². The smallest absolute Gasteiger partial charge is 0.240 e. The van der Waals surface area contributed by atoms with Crippen molar-refractivity contribution >= 4 is 27.5 Å². The third-order valence-corrected chi connectivity index (χ3v) is 5.61. The first kappa shape index (κ1) is 20.6. The topological polar surface area (TPSA) is 109 Å². The molecule has 0 unspecified atom stereocenters. The molecule has 8 nitrogen and oxygen atoms in total. The van der Waals surface area contributed by atoms with Crippen molar-refractivity contribution in [1.29, 1.82) is 0 Å². The molecule has 2 heterocycles. The molecule has 0 radical (unpaired) electrons. The van der Waals surface area contributed by atoms with E-state index in [9.17, 15) is 12.8 Å². The molecule has 3 aromatic rings. The molecule has 3 N–H and O–H groups in total. The minimum absolute atomic E-state index is 0.0538. The quantitative estimate of drug-likeness (QED) is 0.485. The largest absolute Gasteiger partial charge is 0.369 e. The number of rotatable bonds is 8. The number of anilines is 3. The van der Waals surface area contributed by atoms with Crippen molar-refractivity contribution in [2.45, 2.75) is 18.7 Å². The van der Waals surface area contributed by atoms with Crippen LogP contribution >= 0.6 is 0 Å². The zero-order valence-corrected chi connectivity index (χ0v) is 16.8. The number of nitrogens with zero attached hydrogens (tertiary/aromatic N) is 3. The second kappa shape index (κ2) is 8.93. The molecule has 3 rings (SSSR count). The van der Waals surface area contributed by atoms with E-state index in [0.29, 0.717) is 29.6 Å². The zero-order valence-electron chi connectivity index (χ0n) is 16.0. The normalized spacial score (nSPS) is 11.3. The molecular formula is C19H21FN6O2S. The predicted molar refractivity (Wildman–Crippen MR) is 109 cm³/mol. The van der Waals surface area contributed by atoms with Gasteiger partial charge >= 0.3 is 0 Å². The fraction of sp³-hybridized carbons (Fsp3) is 0.211. The van der Waals surface area contributed by atoms with Crippen molar-refractivity contribution in [3.63, 3.8) is 0 Å². The lowest BCUT2D eigenvalue weighted by Gasteiger charge is -2.11. The fourth-order valence-electron chi connectivity index (χ4n) is 2.63. The van der Waals surface area contributed by atoms with Crippen LogP contribution in [0, 0.1) is 19.7 Å². The van der Waals surface area contributed by atoms with Crippen molar-refractivity contribution in [3.8, 4) is 0 Å². The van der Waals surface area contributed by atoms with Crippen LogP contribution in [-0.2, 0) is 10.0 Å². The maximum Gasteiger partial charge on any atom is 0.240 e. The summed E-state index contributed by atoms with van der Waals surface area (Å²) in [6.45, 7) is 3.95. The summed E-state index contributed by atoms with van der Waals surface area (Å²) in [5.41, 5.74) is 1.42. The molecule has 0 aliphatic heterocycles. The van der Waals surface area contributed by atoms with Crippen LogP contribution in [-0.4, -0.2) is 36.5 Å². The van der Waals surface area contributed by atoms with E-state index in [4.69, 9.17) is 0 Å². The van der Waals surface area contributed by atoms with Gasteiger partial charge in [-0.3, -0.25) is 0 Å². The summed E-state index contributed by atoms with van der Waals surface area (Å²) in [7, 11) is -3.73. The minimum Gasteiger partial charge on any atom is -0.369 e. The Bertz CT molecular complexity index is 1110. The molecule has 0 spiro atoms. The summed E-state index contributed by atoms with van der Waals surface area (Å²) in [5, 5.41) is 6.12. The van der Waals surface area contributed by atoms with Crippen LogP contribution in [0.2, 0.25) is 0 Å². The van der Waals surface area contributed by atoms with Crippen LogP contribution in [0.4, 0.5) is 21.8 Å². The summed E-state index contributed by atoms with van der Waals surface area (Å²) in [6, 6.07) is 9.04. The minimum atomic E-state index is -3.73. The molecule has 0 saturated carbocycles. The van der Waals surface area contributed by atoms with Crippen LogP contribution in [0.25, 0.3) is 0 Å². The van der Waals surface area contributed by atoms with Gasteiger partial charge in [-0.2, -0.15) is 0 Å². The van der Waals surface area contributed by atoms with E-state index in [0.717, 1.165) is 11.6 Å². The molecule has 0 aliphatic rings. The standard InChI is InChI=1S/C19H21FN6O2S/c1-13-5-6-21-18(9-13)26-19-11-17(23-12-24-19)22-7-8-25-29(27,28)16-4-3-15(20)10-14(16)2/h3-6,9-12,25H,7-8H2,1-2H3,(H2,21,22,23,24,26). The molecule has 10 heteroatoms. The van der Waals surface area contributed by atoms with Crippen molar-refractivity contribution in [2.75, 3.05) is 23.7 Å². The van der Waals surface area contributed by atoms with Crippen molar-refractivity contribution < 1.29 is 12.8 Å². The Morgan fingerprint density at radius 2 is 1.69 bits per heavy atom. The van der Waals surface area contributed by atoms with Crippen molar-refractivity contribution in [3.05, 3.63) is 65.9 Å². The molecule has 0 atom stereocenters. The van der Waals surface area contributed by atoms with Gasteiger partial charge in [-0.25, -0.2) is 32.5 Å². The summed E-state index contributed by atoms with van der Waals surface area (Å²) in [6.07, 6.45) is 3.10. The zero-order chi connectivity index (χ0) is 20.9. The number of halogens is 1. The van der Waals surface area contributed by atoms with E-state index in [1.165, 1.54) is 18.5 Å². The highest BCUT2D eigenvalue weighted by Crippen LogP contribution is 2.16. The summed E-state index contributed by atoms with van der Waals surface area (Å²) < 4.78 is 40.4. The van der Waals surface area contributed by atoms with Gasteiger partial charge < -0.3 is 10.6 Å². The first-order valence-corrected chi connectivity index (χ1v) is 10.3. The SMILES string of the molecule is Cc1ccnc(Nc2cc(NCCNS(=O)(=O)c3ccc(F)cc3C)ncn2)c1. The monoisotopic (exact) mass is 416 g/mol. The lowest BCUT2D eigenvalue weighted by molar-refractivity contribution is 0.581. The molecule has 0 amide bonds. The molecular weight excluding hydrogens is 395 g/mol. The average Bonchev–Trinajstić information content (AvgIpc) is 2.65. The fourth-order valence-corrected chi connectivity index (χ4v) is 3.88. The molecule has 0 saturated heterocycles. The number of hydrogen-bond donors (Lipinski definition) is 3. The van der Waals surface area contributed by atoms with Gasteiger partial charge in [0.1, 0.15) is 29.6 Å². The molecule has 0 fully saturated rings. The van der Waals surface area contributed by atoms with Crippen LogP contribution in [0.15, 0.2) is 53.8 Å². The van der Waals surface area contributed by atoms with Crippen LogP contribution < -0.4 is 15.4 Å². The number of hydrogen-bond acceptors (Lipinski definition) is 7. The predicted octanol–water partition coefficient (Wildman–Crippen LogP) is 2.76. The first-order valence-electron chi connectivity index (χ1n) is 8.85. The van der Waals surface area contributed by atoms with Gasteiger partial charge in [0.05, 0.1) is 4.90 Å². The summed E-state index contributed by atoms with van der Waals surface area (Å²) in [5.74, 6) is 1.28. The summed E-state index contributed by atoms with van der Waals surface area (Å²) >= 11 is 0. The lowest BCUT2D eigenvalue weighted by atomic mass is 10.2. The van der Waals surface area contributed by atoms with E-state index in [-0.39, 0.29) is 11.4 Å². The Hall–Kier alpha value is -3.11. The average molecular weight is 416 g/mol. The molecule has 29 heavy (non-hydrogen) atoms. The lowest BCUT2D eigenvalue weighted by Crippen LogP contribution is -2.29. The Morgan fingerprint density at radius 1 is 0.931 bits per heavy atom. The van der Waals surface area contributed by atoms with Gasteiger partial charge in [0.25, 0.3) is 0 Å². The number of nitrogens with one attached hydrogen (secondary N) is 3. The Morgan fingerprint density at radius 3 is 2.45 bits per heavy atom. The number of benzene rings is 1. The number of sulfonamides is 1. The second-order valence-electron chi connectivity index (χ2n) is 6.37. The molecule has 152 valence electrons. The van der Waals surface area contributed by atoms with Gasteiger partial charge in [0.2, 0.25) is 10.0 Å². The molecule has 0 bridgehead atoms. The van der Waals surface area contributed by atoms with Gasteiger partial charge in [-0.1, -0.05) is 0 Å². The Balaban J connectivity index is 1.55. The third-order valence-electron chi connectivity index (χ3n) is 3.99. The van der Waals surface area contributed by atoms with E-state index < -0.39 is 15.8 Å². The molecule has 1 aromatic carbocycles. The maximum absolute atomic E-state index is 13.2. The van der Waals surface area contributed by atoms with Crippen molar-refractivity contribution in [1.82, 2.24) is 19.7 Å².